The summed E-state index contributed by atoms with van der Waals surface area (Å²) in [5.41, 5.74) is 6.26. The first-order valence-electron chi connectivity index (χ1n) is 9.90. The number of carbonyl (C=O) groups is 2. The Hall–Kier alpha value is -2.53. The average molecular weight is 465 g/mol. The molecule has 2 aliphatic rings. The Morgan fingerprint density at radius 1 is 1.26 bits per heavy atom. The second-order valence-corrected chi connectivity index (χ2v) is 9.64. The minimum absolute atomic E-state index is 0.145. The van der Waals surface area contributed by atoms with Gasteiger partial charge in [-0.05, 0) is 42.0 Å². The molecule has 2 aliphatic heterocycles. The summed E-state index contributed by atoms with van der Waals surface area (Å²) in [6.45, 7) is -0.292. The number of thioether (sulfide) groups is 2. The Labute approximate surface area is 187 Å². The first kappa shape index (κ1) is 21.7. The van der Waals surface area contributed by atoms with E-state index in [1.54, 1.807) is 12.1 Å². The summed E-state index contributed by atoms with van der Waals surface area (Å²) in [4.78, 5) is 36.6. The minimum atomic E-state index is -0.604. The average Bonchev–Trinajstić information content (AvgIpc) is 2.97. The van der Waals surface area contributed by atoms with E-state index in [4.69, 9.17) is 15.2 Å². The predicted octanol–water partition coefficient (Wildman–Crippen LogP) is 1.89. The molecule has 1 atom stereocenters. The molecule has 166 valence electrons. The number of aromatic amines is 1. The predicted molar refractivity (Wildman–Crippen MR) is 121 cm³/mol. The molecule has 1 unspecified atom stereocenters. The third kappa shape index (κ3) is 4.57. The van der Waals surface area contributed by atoms with E-state index >= 15 is 0 Å². The van der Waals surface area contributed by atoms with Crippen LogP contribution < -0.4 is 26.1 Å². The number of nitrogens with two attached hydrogens (primary N) is 1. The number of benzene rings is 1. The minimum Gasteiger partial charge on any atom is -0.493 e. The lowest BCUT2D eigenvalue weighted by molar-refractivity contribution is -0.120. The van der Waals surface area contributed by atoms with Gasteiger partial charge in [0.1, 0.15) is 5.82 Å². The normalized spacial score (nSPS) is 19.3. The van der Waals surface area contributed by atoms with Crippen LogP contribution in [0.15, 0.2) is 23.0 Å². The molecule has 9 nitrogen and oxygen atoms in total. The van der Waals surface area contributed by atoms with Gasteiger partial charge in [0.25, 0.3) is 11.5 Å². The molecule has 2 amide bonds. The van der Waals surface area contributed by atoms with Gasteiger partial charge in [0.2, 0.25) is 5.91 Å². The number of ether oxygens (including phenoxy) is 2. The molecule has 1 aromatic heterocycles. The summed E-state index contributed by atoms with van der Waals surface area (Å²) in [5, 5.41) is 5.50. The summed E-state index contributed by atoms with van der Waals surface area (Å²) in [6, 6.07) is 5.43. The van der Waals surface area contributed by atoms with E-state index in [0.717, 1.165) is 29.9 Å². The van der Waals surface area contributed by atoms with Gasteiger partial charge in [-0.25, -0.2) is 0 Å². The summed E-state index contributed by atoms with van der Waals surface area (Å²) in [5.74, 6) is 2.84. The van der Waals surface area contributed by atoms with E-state index < -0.39 is 11.2 Å². The number of nitrogens with zero attached hydrogens (tertiary/aromatic N) is 1. The highest BCUT2D eigenvalue weighted by Crippen LogP contribution is 2.43. The smallest absolute Gasteiger partial charge is 0.270 e. The Balaban J connectivity index is 1.76. The van der Waals surface area contributed by atoms with Gasteiger partial charge in [0, 0.05) is 0 Å². The molecule has 0 radical (unpaired) electrons. The summed E-state index contributed by atoms with van der Waals surface area (Å²) in [6.07, 6.45) is 1.87. The third-order valence-electron chi connectivity index (χ3n) is 5.28. The van der Waals surface area contributed by atoms with Crippen LogP contribution in [0.1, 0.15) is 35.3 Å². The first-order chi connectivity index (χ1) is 15.0. The zero-order chi connectivity index (χ0) is 22.0. The van der Waals surface area contributed by atoms with E-state index in [1.165, 1.54) is 18.9 Å². The lowest BCUT2D eigenvalue weighted by atomic mass is 10.0. The van der Waals surface area contributed by atoms with Gasteiger partial charge in [0.05, 0.1) is 29.7 Å². The summed E-state index contributed by atoms with van der Waals surface area (Å²) >= 11 is 3.27. The molecule has 0 aliphatic carbocycles. The van der Waals surface area contributed by atoms with Gasteiger partial charge in [-0.15, -0.1) is 11.8 Å². The van der Waals surface area contributed by atoms with Crippen molar-refractivity contribution in [3.63, 3.8) is 0 Å². The van der Waals surface area contributed by atoms with Crippen LogP contribution in [0, 0.1) is 0 Å². The SMILES string of the molecule is COc1ccc(C2SCC(=O)Nc3c2c(=O)[nH]n3C2CCSCC2)cc1OCC(N)=O. The fraction of sp³-hybridized carbons (Fsp3) is 0.450. The number of aromatic nitrogens is 2. The van der Waals surface area contributed by atoms with Gasteiger partial charge in [0.15, 0.2) is 18.1 Å². The molecule has 0 bridgehead atoms. The second kappa shape index (κ2) is 9.31. The second-order valence-electron chi connectivity index (χ2n) is 7.32. The number of carbonyl (C=O) groups excluding carboxylic acids is 2. The first-order valence-corrected chi connectivity index (χ1v) is 12.1. The quantitative estimate of drug-likeness (QED) is 0.595. The third-order valence-corrected chi connectivity index (χ3v) is 7.60. The molecule has 1 saturated heterocycles. The van der Waals surface area contributed by atoms with E-state index in [2.05, 4.69) is 10.4 Å². The topological polar surface area (TPSA) is 128 Å². The number of rotatable bonds is 6. The van der Waals surface area contributed by atoms with Crippen molar-refractivity contribution >= 4 is 41.2 Å². The lowest BCUT2D eigenvalue weighted by Gasteiger charge is -2.24. The highest BCUT2D eigenvalue weighted by Gasteiger charge is 2.33. The van der Waals surface area contributed by atoms with Gasteiger partial charge >= 0.3 is 0 Å². The van der Waals surface area contributed by atoms with Crippen molar-refractivity contribution in [1.29, 1.82) is 0 Å². The summed E-state index contributed by atoms with van der Waals surface area (Å²) < 4.78 is 12.7. The van der Waals surface area contributed by atoms with Crippen LogP contribution >= 0.6 is 23.5 Å². The Kier molecular flexibility index (Phi) is 6.51. The number of fused-ring (bicyclic) bond motifs is 1. The van der Waals surface area contributed by atoms with Gasteiger partial charge < -0.3 is 20.5 Å². The maximum atomic E-state index is 13.0. The van der Waals surface area contributed by atoms with Crippen molar-refractivity contribution in [3.8, 4) is 11.5 Å². The van der Waals surface area contributed by atoms with Crippen molar-refractivity contribution in [2.75, 3.05) is 36.3 Å². The maximum absolute atomic E-state index is 13.0. The largest absolute Gasteiger partial charge is 0.493 e. The van der Waals surface area contributed by atoms with Crippen molar-refractivity contribution < 1.29 is 19.1 Å². The molecular formula is C20H24N4O5S2. The van der Waals surface area contributed by atoms with Crippen LogP contribution in [0.5, 0.6) is 11.5 Å². The van der Waals surface area contributed by atoms with Crippen LogP contribution in [-0.4, -0.2) is 52.6 Å². The standard InChI is InChI=1S/C20H24N4O5S2/c1-28-13-3-2-11(8-14(13)29-9-15(21)25)18-17-19(22-16(26)10-31-18)24(23-20(17)27)12-4-6-30-7-5-12/h2-3,8,12,18H,4-7,9-10H2,1H3,(H2,21,25)(H,22,26)(H,23,27). The number of methoxy groups -OCH3 is 1. The van der Waals surface area contributed by atoms with Crippen molar-refractivity contribution in [1.82, 2.24) is 9.78 Å². The van der Waals surface area contributed by atoms with E-state index in [1.807, 2.05) is 22.5 Å². The fourth-order valence-electron chi connectivity index (χ4n) is 3.84. The molecule has 1 aromatic carbocycles. The zero-order valence-corrected chi connectivity index (χ0v) is 18.6. The number of H-pyrrole nitrogens is 1. The molecule has 4 rings (SSSR count). The Morgan fingerprint density at radius 3 is 2.74 bits per heavy atom. The van der Waals surface area contributed by atoms with Gasteiger partial charge in [-0.3, -0.25) is 24.2 Å². The van der Waals surface area contributed by atoms with Gasteiger partial charge in [-0.2, -0.15) is 11.8 Å². The molecule has 11 heteroatoms. The van der Waals surface area contributed by atoms with E-state index in [-0.39, 0.29) is 29.9 Å². The zero-order valence-electron chi connectivity index (χ0n) is 17.0. The highest BCUT2D eigenvalue weighted by atomic mass is 32.2. The molecule has 0 saturated carbocycles. The Bertz CT molecular complexity index is 1040. The molecule has 4 N–H and O–H groups in total. The lowest BCUT2D eigenvalue weighted by Crippen LogP contribution is -2.22. The molecule has 2 aromatic rings. The van der Waals surface area contributed by atoms with Crippen LogP contribution in [0.2, 0.25) is 0 Å². The number of hydrogen-bond acceptors (Lipinski definition) is 7. The number of nitrogens with one attached hydrogen (secondary N) is 2. The molecule has 3 heterocycles. The number of hydrogen-bond donors (Lipinski definition) is 3. The maximum Gasteiger partial charge on any atom is 0.270 e. The molecular weight excluding hydrogens is 440 g/mol. The van der Waals surface area contributed by atoms with Crippen LogP contribution in [0.25, 0.3) is 0 Å². The van der Waals surface area contributed by atoms with Gasteiger partial charge in [-0.1, -0.05) is 6.07 Å². The van der Waals surface area contributed by atoms with Crippen molar-refractivity contribution in [2.24, 2.45) is 5.73 Å². The fourth-order valence-corrected chi connectivity index (χ4v) is 6.04. The van der Waals surface area contributed by atoms with E-state index in [0.29, 0.717) is 22.9 Å². The van der Waals surface area contributed by atoms with Crippen LogP contribution in [-0.2, 0) is 9.59 Å². The van der Waals surface area contributed by atoms with E-state index in [9.17, 15) is 14.4 Å². The molecule has 0 spiro atoms. The Morgan fingerprint density at radius 2 is 2.03 bits per heavy atom. The van der Waals surface area contributed by atoms with Crippen molar-refractivity contribution in [3.05, 3.63) is 39.7 Å². The molecule has 31 heavy (non-hydrogen) atoms. The number of amides is 2. The van der Waals surface area contributed by atoms with Crippen LogP contribution in [0.4, 0.5) is 5.82 Å². The highest BCUT2D eigenvalue weighted by molar-refractivity contribution is 8.00. The molecule has 1 fully saturated rings. The summed E-state index contributed by atoms with van der Waals surface area (Å²) in [7, 11) is 1.50. The van der Waals surface area contributed by atoms with Crippen molar-refractivity contribution in [2.45, 2.75) is 24.1 Å². The monoisotopic (exact) mass is 464 g/mol. The van der Waals surface area contributed by atoms with Crippen LogP contribution in [0.3, 0.4) is 0 Å². The number of anilines is 1. The number of primary amides is 1.